The predicted octanol–water partition coefficient (Wildman–Crippen LogP) is 1.66. The van der Waals surface area contributed by atoms with Crippen LogP contribution >= 0.6 is 0 Å². The molecule has 6 nitrogen and oxygen atoms in total. The molecule has 6 heteroatoms. The summed E-state index contributed by atoms with van der Waals surface area (Å²) in [6, 6.07) is 3.56. The molecule has 1 saturated heterocycles. The SMILES string of the molecule is COC(=O)/C(C#N)=C/c1ccnn1C1CCCCO1. The summed E-state index contributed by atoms with van der Waals surface area (Å²) < 4.78 is 11.9. The number of aromatic nitrogens is 2. The molecule has 0 saturated carbocycles. The van der Waals surface area contributed by atoms with Crippen LogP contribution in [0.2, 0.25) is 0 Å². The molecule has 0 radical (unpaired) electrons. The summed E-state index contributed by atoms with van der Waals surface area (Å²) in [5, 5.41) is 13.1. The highest BCUT2D eigenvalue weighted by molar-refractivity contribution is 5.97. The molecule has 1 aliphatic heterocycles. The van der Waals surface area contributed by atoms with E-state index in [2.05, 4.69) is 9.84 Å². The molecule has 0 spiro atoms. The quantitative estimate of drug-likeness (QED) is 0.470. The zero-order valence-corrected chi connectivity index (χ0v) is 10.7. The highest BCUT2D eigenvalue weighted by Crippen LogP contribution is 2.24. The Balaban J connectivity index is 2.26. The van der Waals surface area contributed by atoms with E-state index < -0.39 is 5.97 Å². The van der Waals surface area contributed by atoms with Crippen LogP contribution in [0.5, 0.6) is 0 Å². The van der Waals surface area contributed by atoms with Gasteiger partial charge in [0.2, 0.25) is 0 Å². The molecule has 19 heavy (non-hydrogen) atoms. The van der Waals surface area contributed by atoms with Gasteiger partial charge in [-0.2, -0.15) is 10.4 Å². The van der Waals surface area contributed by atoms with Crippen LogP contribution in [0.1, 0.15) is 31.2 Å². The molecular formula is C13H15N3O3. The van der Waals surface area contributed by atoms with Crippen molar-refractivity contribution < 1.29 is 14.3 Å². The molecule has 1 aromatic rings. The average Bonchev–Trinajstić information content (AvgIpc) is 2.93. The van der Waals surface area contributed by atoms with Crippen molar-refractivity contribution in [2.24, 2.45) is 0 Å². The molecule has 0 aromatic carbocycles. The second-order valence-electron chi connectivity index (χ2n) is 4.18. The molecule has 1 aromatic heterocycles. The Labute approximate surface area is 111 Å². The van der Waals surface area contributed by atoms with Crippen LogP contribution in [0.3, 0.4) is 0 Å². The first kappa shape index (κ1) is 13.3. The van der Waals surface area contributed by atoms with E-state index in [1.165, 1.54) is 13.2 Å². The number of methoxy groups -OCH3 is 1. The fraction of sp³-hybridized carbons (Fsp3) is 0.462. The third kappa shape index (κ3) is 3.01. The maximum absolute atomic E-state index is 11.4. The first-order valence-corrected chi connectivity index (χ1v) is 6.11. The number of esters is 1. The number of hydrogen-bond donors (Lipinski definition) is 0. The Bertz CT molecular complexity index is 521. The predicted molar refractivity (Wildman–Crippen MR) is 66.7 cm³/mol. The summed E-state index contributed by atoms with van der Waals surface area (Å²) in [4.78, 5) is 11.4. The summed E-state index contributed by atoms with van der Waals surface area (Å²) in [5.74, 6) is -0.653. The van der Waals surface area contributed by atoms with Crippen molar-refractivity contribution in [3.8, 4) is 6.07 Å². The second kappa shape index (κ2) is 6.16. The first-order valence-electron chi connectivity index (χ1n) is 6.11. The zero-order chi connectivity index (χ0) is 13.7. The number of nitriles is 1. The third-order valence-electron chi connectivity index (χ3n) is 2.95. The lowest BCUT2D eigenvalue weighted by Gasteiger charge is -2.23. The molecule has 0 N–H and O–H groups in total. The lowest BCUT2D eigenvalue weighted by atomic mass is 10.2. The summed E-state index contributed by atoms with van der Waals surface area (Å²) in [6.07, 6.45) is 5.97. The van der Waals surface area contributed by atoms with Gasteiger partial charge in [-0.3, -0.25) is 0 Å². The zero-order valence-electron chi connectivity index (χ0n) is 10.7. The van der Waals surface area contributed by atoms with E-state index in [1.807, 2.05) is 6.07 Å². The van der Waals surface area contributed by atoms with Gasteiger partial charge in [0, 0.05) is 12.8 Å². The Morgan fingerprint density at radius 3 is 3.16 bits per heavy atom. The smallest absolute Gasteiger partial charge is 0.348 e. The van der Waals surface area contributed by atoms with Gasteiger partial charge in [0.1, 0.15) is 11.6 Å². The van der Waals surface area contributed by atoms with Crippen molar-refractivity contribution in [2.45, 2.75) is 25.5 Å². The van der Waals surface area contributed by atoms with Gasteiger partial charge in [0.05, 0.1) is 12.8 Å². The number of nitrogens with zero attached hydrogens (tertiary/aromatic N) is 3. The van der Waals surface area contributed by atoms with Gasteiger partial charge < -0.3 is 9.47 Å². The van der Waals surface area contributed by atoms with Crippen LogP contribution in [0.15, 0.2) is 17.8 Å². The summed E-state index contributed by atoms with van der Waals surface area (Å²) >= 11 is 0. The van der Waals surface area contributed by atoms with Crippen LogP contribution in [-0.4, -0.2) is 29.5 Å². The Kier molecular flexibility index (Phi) is 4.31. The van der Waals surface area contributed by atoms with Gasteiger partial charge in [-0.1, -0.05) is 0 Å². The van der Waals surface area contributed by atoms with Crippen LogP contribution in [0, 0.1) is 11.3 Å². The lowest BCUT2D eigenvalue weighted by Crippen LogP contribution is -2.20. The lowest BCUT2D eigenvalue weighted by molar-refractivity contribution is -0.135. The molecule has 2 rings (SSSR count). The van der Waals surface area contributed by atoms with Crippen molar-refractivity contribution in [1.82, 2.24) is 9.78 Å². The van der Waals surface area contributed by atoms with Crippen LogP contribution in [0.25, 0.3) is 6.08 Å². The average molecular weight is 261 g/mol. The largest absolute Gasteiger partial charge is 0.465 e. The van der Waals surface area contributed by atoms with Crippen molar-refractivity contribution in [3.05, 3.63) is 23.5 Å². The van der Waals surface area contributed by atoms with Crippen molar-refractivity contribution in [1.29, 1.82) is 5.26 Å². The van der Waals surface area contributed by atoms with Crippen LogP contribution in [-0.2, 0) is 14.3 Å². The molecule has 1 fully saturated rings. The molecule has 1 unspecified atom stereocenters. The van der Waals surface area contributed by atoms with E-state index in [0.717, 1.165) is 19.3 Å². The highest BCUT2D eigenvalue weighted by atomic mass is 16.5. The Morgan fingerprint density at radius 2 is 2.53 bits per heavy atom. The molecule has 0 aliphatic carbocycles. The van der Waals surface area contributed by atoms with Gasteiger partial charge in [-0.15, -0.1) is 0 Å². The summed E-state index contributed by atoms with van der Waals surface area (Å²) in [7, 11) is 1.25. The molecule has 1 aliphatic rings. The molecule has 2 heterocycles. The number of carbonyl (C=O) groups excluding carboxylic acids is 1. The molecular weight excluding hydrogens is 246 g/mol. The van der Waals surface area contributed by atoms with Crippen molar-refractivity contribution >= 4 is 12.0 Å². The summed E-state index contributed by atoms with van der Waals surface area (Å²) in [5.41, 5.74) is 0.605. The van der Waals surface area contributed by atoms with Gasteiger partial charge in [-0.05, 0) is 31.4 Å². The van der Waals surface area contributed by atoms with E-state index >= 15 is 0 Å². The third-order valence-corrected chi connectivity index (χ3v) is 2.95. The van der Waals surface area contributed by atoms with Gasteiger partial charge >= 0.3 is 5.97 Å². The standard InChI is InChI=1S/C13H15N3O3/c1-18-13(17)10(9-14)8-11-5-6-15-16(11)12-4-2-3-7-19-12/h5-6,8,12H,2-4,7H2,1H3/b10-8+. The van der Waals surface area contributed by atoms with E-state index in [1.54, 1.807) is 16.9 Å². The fourth-order valence-corrected chi connectivity index (χ4v) is 1.99. The van der Waals surface area contributed by atoms with E-state index in [4.69, 9.17) is 10.00 Å². The normalized spacial score (nSPS) is 19.8. The summed E-state index contributed by atoms with van der Waals surface area (Å²) in [6.45, 7) is 0.704. The number of rotatable bonds is 3. The van der Waals surface area contributed by atoms with Crippen molar-refractivity contribution in [2.75, 3.05) is 13.7 Å². The minimum Gasteiger partial charge on any atom is -0.465 e. The van der Waals surface area contributed by atoms with E-state index in [0.29, 0.717) is 12.3 Å². The molecule has 1 atom stereocenters. The van der Waals surface area contributed by atoms with Crippen LogP contribution < -0.4 is 0 Å². The Hall–Kier alpha value is -2.13. The number of hydrogen-bond acceptors (Lipinski definition) is 5. The topological polar surface area (TPSA) is 77.1 Å². The second-order valence-corrected chi connectivity index (χ2v) is 4.18. The van der Waals surface area contributed by atoms with Gasteiger partial charge in [0.25, 0.3) is 0 Å². The van der Waals surface area contributed by atoms with Gasteiger partial charge in [-0.25, -0.2) is 9.48 Å². The van der Waals surface area contributed by atoms with E-state index in [-0.39, 0.29) is 11.8 Å². The Morgan fingerprint density at radius 1 is 1.68 bits per heavy atom. The minimum atomic E-state index is -0.653. The maximum atomic E-state index is 11.4. The molecule has 0 bridgehead atoms. The fourth-order valence-electron chi connectivity index (χ4n) is 1.99. The van der Waals surface area contributed by atoms with Gasteiger partial charge in [0.15, 0.2) is 6.23 Å². The minimum absolute atomic E-state index is 0.0555. The first-order chi connectivity index (χ1) is 9.26. The number of carbonyl (C=O) groups is 1. The maximum Gasteiger partial charge on any atom is 0.348 e. The monoisotopic (exact) mass is 261 g/mol. The van der Waals surface area contributed by atoms with Crippen LogP contribution in [0.4, 0.5) is 0 Å². The van der Waals surface area contributed by atoms with Crippen molar-refractivity contribution in [3.63, 3.8) is 0 Å². The highest BCUT2D eigenvalue weighted by Gasteiger charge is 2.19. The molecule has 100 valence electrons. The molecule has 0 amide bonds. The number of ether oxygens (including phenoxy) is 2. The van der Waals surface area contributed by atoms with E-state index in [9.17, 15) is 4.79 Å².